The lowest BCUT2D eigenvalue weighted by Gasteiger charge is -2.16. The lowest BCUT2D eigenvalue weighted by Crippen LogP contribution is -2.33. The molecule has 1 saturated heterocycles. The Kier molecular flexibility index (Phi) is 0.861. The predicted octanol–water partition coefficient (Wildman–Crippen LogP) is 1.43. The fourth-order valence-corrected chi connectivity index (χ4v) is 3.03. The molecular weight excluding hydrogens is 140 g/mol. The number of carbonyl (C=O) groups excluding carboxylic acids is 1. The zero-order chi connectivity index (χ0) is 7.53. The van der Waals surface area contributed by atoms with Gasteiger partial charge < -0.3 is 4.74 Å². The Bertz CT molecular complexity index is 236. The largest absolute Gasteiger partial charge is 0.354 e. The minimum Gasteiger partial charge on any atom is -0.354 e. The van der Waals surface area contributed by atoms with Crippen LogP contribution in [0.4, 0.5) is 0 Å². The van der Waals surface area contributed by atoms with E-state index >= 15 is 0 Å². The van der Waals surface area contributed by atoms with E-state index in [2.05, 4.69) is 0 Å². The van der Waals surface area contributed by atoms with Crippen molar-refractivity contribution in [2.75, 3.05) is 0 Å². The highest BCUT2D eigenvalue weighted by molar-refractivity contribution is 5.93. The molecule has 11 heavy (non-hydrogen) atoms. The second-order valence-corrected chi connectivity index (χ2v) is 4.05. The molecule has 2 nitrogen and oxygen atoms in total. The van der Waals surface area contributed by atoms with E-state index in [1.807, 2.05) is 0 Å². The fraction of sp³-hybridized carbons (Fsp3) is 0.889. The van der Waals surface area contributed by atoms with Gasteiger partial charge in [-0.25, -0.2) is 0 Å². The summed E-state index contributed by atoms with van der Waals surface area (Å²) < 4.78 is 5.65. The van der Waals surface area contributed by atoms with Gasteiger partial charge in [-0.1, -0.05) is 0 Å². The molecule has 0 radical (unpaired) electrons. The van der Waals surface area contributed by atoms with Crippen LogP contribution in [-0.2, 0) is 9.53 Å². The van der Waals surface area contributed by atoms with Gasteiger partial charge in [0.15, 0.2) is 11.4 Å². The van der Waals surface area contributed by atoms with Gasteiger partial charge >= 0.3 is 0 Å². The summed E-state index contributed by atoms with van der Waals surface area (Å²) in [7, 11) is 0. The first-order valence-corrected chi connectivity index (χ1v) is 4.53. The molecule has 2 heteroatoms. The molecule has 1 heterocycles. The standard InChI is InChI=1S/C9H12O2/c10-7-3-1-4-8-5-2-6-9(7,8)11-8/h1-6H2. The molecule has 0 spiro atoms. The van der Waals surface area contributed by atoms with E-state index in [1.165, 1.54) is 6.42 Å². The van der Waals surface area contributed by atoms with Crippen LogP contribution in [0.25, 0.3) is 0 Å². The van der Waals surface area contributed by atoms with Gasteiger partial charge in [-0.15, -0.1) is 0 Å². The van der Waals surface area contributed by atoms with Crippen LogP contribution >= 0.6 is 0 Å². The van der Waals surface area contributed by atoms with E-state index in [9.17, 15) is 4.79 Å². The van der Waals surface area contributed by atoms with Gasteiger partial charge in [0.2, 0.25) is 0 Å². The molecule has 2 unspecified atom stereocenters. The summed E-state index contributed by atoms with van der Waals surface area (Å²) in [6.45, 7) is 0. The Balaban J connectivity index is 2.03. The maximum atomic E-state index is 11.5. The molecule has 0 aromatic rings. The van der Waals surface area contributed by atoms with E-state index in [0.717, 1.165) is 32.1 Å². The highest BCUT2D eigenvalue weighted by Crippen LogP contribution is 2.64. The molecule has 60 valence electrons. The zero-order valence-corrected chi connectivity index (χ0v) is 6.56. The number of rotatable bonds is 0. The lowest BCUT2D eigenvalue weighted by molar-refractivity contribution is -0.124. The maximum Gasteiger partial charge on any atom is 0.167 e. The molecule has 2 saturated carbocycles. The summed E-state index contributed by atoms with van der Waals surface area (Å²) in [4.78, 5) is 11.5. The van der Waals surface area contributed by atoms with E-state index in [1.54, 1.807) is 0 Å². The summed E-state index contributed by atoms with van der Waals surface area (Å²) in [5, 5.41) is 0. The summed E-state index contributed by atoms with van der Waals surface area (Å²) in [5.41, 5.74) is -0.187. The SMILES string of the molecule is O=C1CCCC23CCCC12O3. The quantitative estimate of drug-likeness (QED) is 0.491. The van der Waals surface area contributed by atoms with Crippen molar-refractivity contribution in [1.82, 2.24) is 0 Å². The monoisotopic (exact) mass is 152 g/mol. The lowest BCUT2D eigenvalue weighted by atomic mass is 9.81. The third-order valence-electron chi connectivity index (χ3n) is 3.61. The van der Waals surface area contributed by atoms with Crippen LogP contribution in [0.15, 0.2) is 0 Å². The van der Waals surface area contributed by atoms with Crippen LogP contribution in [0.1, 0.15) is 38.5 Å². The van der Waals surface area contributed by atoms with Gasteiger partial charge in [-0.3, -0.25) is 4.79 Å². The third-order valence-corrected chi connectivity index (χ3v) is 3.61. The van der Waals surface area contributed by atoms with E-state index in [-0.39, 0.29) is 11.2 Å². The van der Waals surface area contributed by atoms with Gasteiger partial charge in [0.1, 0.15) is 5.60 Å². The summed E-state index contributed by atoms with van der Waals surface area (Å²) in [6.07, 6.45) is 6.30. The first-order valence-electron chi connectivity index (χ1n) is 4.53. The van der Waals surface area contributed by atoms with Crippen molar-refractivity contribution in [3.8, 4) is 0 Å². The molecule has 3 fully saturated rings. The minimum absolute atomic E-state index is 0.0579. The van der Waals surface area contributed by atoms with Crippen LogP contribution in [0, 0.1) is 0 Å². The van der Waals surface area contributed by atoms with E-state index in [4.69, 9.17) is 4.74 Å². The number of Topliss-reactive ketones (excluding diaryl/α,β-unsaturated/α-hetero) is 1. The van der Waals surface area contributed by atoms with Gasteiger partial charge in [-0.05, 0) is 32.1 Å². The molecule has 2 atom stereocenters. The van der Waals surface area contributed by atoms with Crippen molar-refractivity contribution >= 4 is 5.78 Å². The summed E-state index contributed by atoms with van der Waals surface area (Å²) >= 11 is 0. The average Bonchev–Trinajstić information content (AvgIpc) is 2.51. The Labute approximate surface area is 65.9 Å². The number of epoxide rings is 1. The normalized spacial score (nSPS) is 53.6. The van der Waals surface area contributed by atoms with Crippen LogP contribution in [0.2, 0.25) is 0 Å². The van der Waals surface area contributed by atoms with E-state index < -0.39 is 0 Å². The zero-order valence-electron chi connectivity index (χ0n) is 6.56. The van der Waals surface area contributed by atoms with Gasteiger partial charge in [0.25, 0.3) is 0 Å². The summed E-state index contributed by atoms with van der Waals surface area (Å²) in [5.74, 6) is 0.390. The number of hydrogen-bond donors (Lipinski definition) is 0. The molecule has 1 aliphatic heterocycles. The van der Waals surface area contributed by atoms with Crippen LogP contribution < -0.4 is 0 Å². The Morgan fingerprint density at radius 1 is 1.18 bits per heavy atom. The highest BCUT2D eigenvalue weighted by atomic mass is 16.6. The van der Waals surface area contributed by atoms with Crippen molar-refractivity contribution in [3.63, 3.8) is 0 Å². The minimum atomic E-state index is -0.245. The van der Waals surface area contributed by atoms with Crippen LogP contribution in [-0.4, -0.2) is 17.0 Å². The second-order valence-electron chi connectivity index (χ2n) is 4.05. The Hall–Kier alpha value is -0.370. The average molecular weight is 152 g/mol. The predicted molar refractivity (Wildman–Crippen MR) is 39.3 cm³/mol. The molecule has 2 aliphatic carbocycles. The van der Waals surface area contributed by atoms with Crippen molar-refractivity contribution in [3.05, 3.63) is 0 Å². The molecule has 0 aromatic heterocycles. The topological polar surface area (TPSA) is 29.6 Å². The van der Waals surface area contributed by atoms with Gasteiger partial charge in [0, 0.05) is 6.42 Å². The van der Waals surface area contributed by atoms with Crippen molar-refractivity contribution in [2.45, 2.75) is 49.7 Å². The number of carbonyl (C=O) groups is 1. The molecule has 0 amide bonds. The number of ketones is 1. The molecule has 0 aromatic carbocycles. The third kappa shape index (κ3) is 0.496. The smallest absolute Gasteiger partial charge is 0.167 e. The number of ether oxygens (including phenoxy) is 1. The fourth-order valence-electron chi connectivity index (χ4n) is 3.03. The molecule has 0 bridgehead atoms. The highest BCUT2D eigenvalue weighted by Gasteiger charge is 2.76. The van der Waals surface area contributed by atoms with Crippen molar-refractivity contribution < 1.29 is 9.53 Å². The molecule has 0 N–H and O–H groups in total. The van der Waals surface area contributed by atoms with Gasteiger partial charge in [0.05, 0.1) is 0 Å². The molecule has 3 rings (SSSR count). The van der Waals surface area contributed by atoms with Crippen molar-refractivity contribution in [1.29, 1.82) is 0 Å². The second kappa shape index (κ2) is 1.53. The van der Waals surface area contributed by atoms with Crippen LogP contribution in [0.5, 0.6) is 0 Å². The maximum absolute atomic E-state index is 11.5. The first kappa shape index (κ1) is 6.18. The number of hydrogen-bond acceptors (Lipinski definition) is 2. The van der Waals surface area contributed by atoms with Crippen molar-refractivity contribution in [2.24, 2.45) is 0 Å². The first-order chi connectivity index (χ1) is 5.29. The van der Waals surface area contributed by atoms with Gasteiger partial charge in [-0.2, -0.15) is 0 Å². The molecule has 3 aliphatic rings. The Morgan fingerprint density at radius 2 is 2.00 bits per heavy atom. The van der Waals surface area contributed by atoms with E-state index in [0.29, 0.717) is 5.78 Å². The molecular formula is C9H12O2. The van der Waals surface area contributed by atoms with Crippen LogP contribution in [0.3, 0.4) is 0 Å². The summed E-state index contributed by atoms with van der Waals surface area (Å²) in [6, 6.07) is 0. The Morgan fingerprint density at radius 3 is 2.82 bits per heavy atom.